The van der Waals surface area contributed by atoms with Crippen molar-refractivity contribution in [3.05, 3.63) is 42.1 Å². The molecule has 0 aliphatic carbocycles. The zero-order valence-corrected chi connectivity index (χ0v) is 17.5. The second kappa shape index (κ2) is 10.2. The summed E-state index contributed by atoms with van der Waals surface area (Å²) in [4.78, 5) is 30.9. The number of thioether (sulfide) groups is 1. The summed E-state index contributed by atoms with van der Waals surface area (Å²) in [6.45, 7) is 3.43. The highest BCUT2D eigenvalue weighted by Gasteiger charge is 2.23. The topological polar surface area (TPSA) is 80.8 Å². The van der Waals surface area contributed by atoms with Gasteiger partial charge in [0.25, 0.3) is 0 Å². The van der Waals surface area contributed by atoms with Crippen molar-refractivity contribution in [3.63, 3.8) is 0 Å². The molecule has 0 bridgehead atoms. The molecule has 0 radical (unpaired) electrons. The van der Waals surface area contributed by atoms with E-state index < -0.39 is 0 Å². The minimum atomic E-state index is -0.162. The number of carbonyl (C=O) groups excluding carboxylic acids is 2. The van der Waals surface area contributed by atoms with Crippen molar-refractivity contribution in [3.8, 4) is 11.5 Å². The summed E-state index contributed by atoms with van der Waals surface area (Å²) in [6.07, 6.45) is 2.04. The van der Waals surface area contributed by atoms with Crippen LogP contribution in [0.5, 0.6) is 11.5 Å². The molecular formula is C21H25N3O4S. The van der Waals surface area contributed by atoms with Crippen LogP contribution in [0.15, 0.2) is 41.6 Å². The molecule has 0 spiro atoms. The van der Waals surface area contributed by atoms with Crippen molar-refractivity contribution in [2.45, 2.75) is 31.3 Å². The molecule has 0 saturated carbocycles. The van der Waals surface area contributed by atoms with Gasteiger partial charge in [-0.1, -0.05) is 6.07 Å². The molecule has 1 aliphatic heterocycles. The highest BCUT2D eigenvalue weighted by atomic mass is 32.2. The molecule has 2 amide bonds. The third kappa shape index (κ3) is 5.41. The van der Waals surface area contributed by atoms with Gasteiger partial charge in [0.1, 0.15) is 5.03 Å². The number of benzene rings is 1. The number of hydrogen-bond donors (Lipinski definition) is 1. The molecule has 1 aromatic heterocycles. The van der Waals surface area contributed by atoms with E-state index in [1.165, 1.54) is 0 Å². The molecule has 1 N–H and O–H groups in total. The van der Waals surface area contributed by atoms with Crippen LogP contribution in [-0.2, 0) is 16.1 Å². The highest BCUT2D eigenvalue weighted by Crippen LogP contribution is 2.32. The molecule has 3 rings (SSSR count). The number of hydrogen-bond acceptors (Lipinski definition) is 6. The maximum Gasteiger partial charge on any atom is 0.227 e. The lowest BCUT2D eigenvalue weighted by Crippen LogP contribution is -2.36. The van der Waals surface area contributed by atoms with Gasteiger partial charge in [-0.3, -0.25) is 9.59 Å². The van der Waals surface area contributed by atoms with E-state index in [1.807, 2.05) is 37.3 Å². The van der Waals surface area contributed by atoms with E-state index in [0.29, 0.717) is 31.2 Å². The van der Waals surface area contributed by atoms with Gasteiger partial charge in [-0.25, -0.2) is 4.98 Å². The standard InChI is InChI=1S/C21H25N3O4S/c1-3-28-18-13-15(6-7-17(18)27-2)14-23-19(25)8-9-20(26)24-11-12-29-21-16(24)5-4-10-22-21/h4-7,10,13H,3,8-9,11-12,14H2,1-2H3,(H,23,25). The molecule has 29 heavy (non-hydrogen) atoms. The molecule has 0 unspecified atom stereocenters. The van der Waals surface area contributed by atoms with E-state index in [1.54, 1.807) is 30.0 Å². The van der Waals surface area contributed by atoms with Crippen molar-refractivity contribution >= 4 is 29.3 Å². The number of fused-ring (bicyclic) bond motifs is 1. The second-order valence-corrected chi connectivity index (χ2v) is 7.50. The predicted molar refractivity (Wildman–Crippen MR) is 113 cm³/mol. The minimum Gasteiger partial charge on any atom is -0.493 e. The molecule has 8 heteroatoms. The SMILES string of the molecule is CCOc1cc(CNC(=O)CCC(=O)N2CCSc3ncccc32)ccc1OC. The lowest BCUT2D eigenvalue weighted by Gasteiger charge is -2.28. The van der Waals surface area contributed by atoms with Crippen LogP contribution in [0.1, 0.15) is 25.3 Å². The Hall–Kier alpha value is -2.74. The Bertz CT molecular complexity index is 875. The lowest BCUT2D eigenvalue weighted by molar-refractivity contribution is -0.125. The number of rotatable bonds is 8. The Morgan fingerprint density at radius 1 is 1.24 bits per heavy atom. The van der Waals surface area contributed by atoms with Crippen LogP contribution >= 0.6 is 11.8 Å². The zero-order valence-electron chi connectivity index (χ0n) is 16.6. The molecule has 2 heterocycles. The van der Waals surface area contributed by atoms with Crippen LogP contribution < -0.4 is 19.7 Å². The van der Waals surface area contributed by atoms with Crippen LogP contribution in [0, 0.1) is 0 Å². The summed E-state index contributed by atoms with van der Waals surface area (Å²) in [5, 5.41) is 3.72. The van der Waals surface area contributed by atoms with E-state index in [4.69, 9.17) is 9.47 Å². The maximum absolute atomic E-state index is 12.6. The fraction of sp³-hybridized carbons (Fsp3) is 0.381. The van der Waals surface area contributed by atoms with Crippen LogP contribution in [-0.4, -0.2) is 42.8 Å². The van der Waals surface area contributed by atoms with Crippen LogP contribution in [0.4, 0.5) is 5.69 Å². The first-order valence-electron chi connectivity index (χ1n) is 9.57. The first-order valence-corrected chi connectivity index (χ1v) is 10.6. The third-order valence-electron chi connectivity index (χ3n) is 4.48. The van der Waals surface area contributed by atoms with E-state index in [0.717, 1.165) is 22.0 Å². The van der Waals surface area contributed by atoms with Gasteiger partial charge in [-0.05, 0) is 36.8 Å². The van der Waals surface area contributed by atoms with Crippen molar-refractivity contribution < 1.29 is 19.1 Å². The number of aromatic nitrogens is 1. The van der Waals surface area contributed by atoms with Gasteiger partial charge in [0.05, 0.1) is 19.4 Å². The fourth-order valence-electron chi connectivity index (χ4n) is 3.06. The summed E-state index contributed by atoms with van der Waals surface area (Å²) in [6, 6.07) is 9.26. The normalized spacial score (nSPS) is 12.8. The Balaban J connectivity index is 1.51. The molecule has 2 aromatic rings. The van der Waals surface area contributed by atoms with Gasteiger partial charge >= 0.3 is 0 Å². The summed E-state index contributed by atoms with van der Waals surface area (Å²) in [5.74, 6) is 1.89. The van der Waals surface area contributed by atoms with E-state index in [2.05, 4.69) is 10.3 Å². The highest BCUT2D eigenvalue weighted by molar-refractivity contribution is 7.99. The van der Waals surface area contributed by atoms with Crippen LogP contribution in [0.2, 0.25) is 0 Å². The van der Waals surface area contributed by atoms with Crippen LogP contribution in [0.25, 0.3) is 0 Å². The van der Waals surface area contributed by atoms with Gasteiger partial charge in [-0.15, -0.1) is 11.8 Å². The summed E-state index contributed by atoms with van der Waals surface area (Å²) in [5.41, 5.74) is 1.73. The van der Waals surface area contributed by atoms with Crippen molar-refractivity contribution in [2.75, 3.05) is 30.9 Å². The molecular weight excluding hydrogens is 390 g/mol. The first-order chi connectivity index (χ1) is 14.1. The number of carbonyl (C=O) groups is 2. The second-order valence-electron chi connectivity index (χ2n) is 6.42. The predicted octanol–water partition coefficient (Wildman–Crippen LogP) is 3.02. The number of amides is 2. The van der Waals surface area contributed by atoms with E-state index in [-0.39, 0.29) is 24.7 Å². The molecule has 154 valence electrons. The largest absolute Gasteiger partial charge is 0.493 e. The van der Waals surface area contributed by atoms with Gasteiger partial charge in [0.2, 0.25) is 11.8 Å². The molecule has 0 saturated heterocycles. The fourth-order valence-corrected chi connectivity index (χ4v) is 3.98. The molecule has 7 nitrogen and oxygen atoms in total. The number of ether oxygens (including phenoxy) is 2. The number of anilines is 1. The Labute approximate surface area is 174 Å². The van der Waals surface area contributed by atoms with Gasteiger partial charge in [0.15, 0.2) is 11.5 Å². The quantitative estimate of drug-likeness (QED) is 0.714. The molecule has 1 aromatic carbocycles. The van der Waals surface area contributed by atoms with Gasteiger partial charge in [-0.2, -0.15) is 0 Å². The number of pyridine rings is 1. The zero-order chi connectivity index (χ0) is 20.6. The number of nitrogens with zero attached hydrogens (tertiary/aromatic N) is 2. The number of methoxy groups -OCH3 is 1. The summed E-state index contributed by atoms with van der Waals surface area (Å²) >= 11 is 1.64. The summed E-state index contributed by atoms with van der Waals surface area (Å²) in [7, 11) is 1.59. The molecule has 0 fully saturated rings. The Morgan fingerprint density at radius 2 is 2.10 bits per heavy atom. The minimum absolute atomic E-state index is 0.0576. The smallest absolute Gasteiger partial charge is 0.227 e. The van der Waals surface area contributed by atoms with Crippen molar-refractivity contribution in [1.82, 2.24) is 10.3 Å². The third-order valence-corrected chi connectivity index (χ3v) is 5.45. The monoisotopic (exact) mass is 415 g/mol. The van der Waals surface area contributed by atoms with Gasteiger partial charge < -0.3 is 19.7 Å². The lowest BCUT2D eigenvalue weighted by atomic mass is 10.2. The first kappa shape index (κ1) is 21.0. The number of nitrogens with one attached hydrogen (secondary N) is 1. The average Bonchev–Trinajstić information content (AvgIpc) is 2.76. The Morgan fingerprint density at radius 3 is 2.90 bits per heavy atom. The van der Waals surface area contributed by atoms with E-state index >= 15 is 0 Å². The molecule has 1 aliphatic rings. The van der Waals surface area contributed by atoms with E-state index in [9.17, 15) is 9.59 Å². The summed E-state index contributed by atoms with van der Waals surface area (Å²) < 4.78 is 10.8. The average molecular weight is 416 g/mol. The maximum atomic E-state index is 12.6. The van der Waals surface area contributed by atoms with Crippen LogP contribution in [0.3, 0.4) is 0 Å². The Kier molecular flexibility index (Phi) is 7.35. The molecule has 0 atom stereocenters. The van der Waals surface area contributed by atoms with Gasteiger partial charge in [0, 0.05) is 37.9 Å². The van der Waals surface area contributed by atoms with Crippen molar-refractivity contribution in [1.29, 1.82) is 0 Å². The van der Waals surface area contributed by atoms with Crippen molar-refractivity contribution in [2.24, 2.45) is 0 Å².